The second-order valence-electron chi connectivity index (χ2n) is 10.6. The molecule has 3 aromatic carbocycles. The van der Waals surface area contributed by atoms with Gasteiger partial charge in [0.05, 0.1) is 27.9 Å². The van der Waals surface area contributed by atoms with Gasteiger partial charge in [0.25, 0.3) is 0 Å². The molecule has 220 valence electrons. The minimum Gasteiger partial charge on any atom is -0.497 e. The fourth-order valence-corrected chi connectivity index (χ4v) is 5.19. The molecule has 8 nitrogen and oxygen atoms in total. The monoisotopic (exact) mass is 568 g/mol. The molecular weight excluding hydrogens is 528 g/mol. The van der Waals surface area contributed by atoms with E-state index >= 15 is 0 Å². The lowest BCUT2D eigenvalue weighted by atomic mass is 9.90. The van der Waals surface area contributed by atoms with E-state index in [1.54, 1.807) is 21.3 Å². The highest BCUT2D eigenvalue weighted by atomic mass is 16.5. The van der Waals surface area contributed by atoms with Gasteiger partial charge >= 0.3 is 0 Å². The molecule has 1 aromatic heterocycles. The SMILES string of the molecule is COc1ccc(CN(Cc2ccc(OC)cc2)c2cc(OCC3CCCCC3)nc(Nc3ccc(OC)cc3)n2)cc1. The largest absolute Gasteiger partial charge is 0.497 e. The van der Waals surface area contributed by atoms with Crippen LogP contribution in [0.5, 0.6) is 23.1 Å². The van der Waals surface area contributed by atoms with E-state index in [4.69, 9.17) is 28.9 Å². The summed E-state index contributed by atoms with van der Waals surface area (Å²) < 4.78 is 22.4. The Kier molecular flexibility index (Phi) is 9.98. The van der Waals surface area contributed by atoms with E-state index in [2.05, 4.69) is 34.5 Å². The maximum Gasteiger partial charge on any atom is 0.232 e. The molecule has 4 aromatic rings. The highest BCUT2D eigenvalue weighted by Gasteiger charge is 2.18. The lowest BCUT2D eigenvalue weighted by molar-refractivity contribution is 0.203. The molecule has 5 rings (SSSR count). The molecule has 1 fully saturated rings. The zero-order valence-electron chi connectivity index (χ0n) is 24.7. The van der Waals surface area contributed by atoms with Crippen molar-refractivity contribution in [3.05, 3.63) is 90.0 Å². The topological polar surface area (TPSA) is 78.0 Å². The van der Waals surface area contributed by atoms with Gasteiger partial charge in [0.1, 0.15) is 23.1 Å². The molecule has 0 amide bonds. The molecule has 1 aliphatic carbocycles. The number of hydrogen-bond donors (Lipinski definition) is 1. The number of anilines is 3. The third-order valence-electron chi connectivity index (χ3n) is 7.62. The molecular formula is C34H40N4O4. The lowest BCUT2D eigenvalue weighted by Gasteiger charge is -2.26. The quantitative estimate of drug-likeness (QED) is 0.179. The highest BCUT2D eigenvalue weighted by molar-refractivity contribution is 5.57. The third-order valence-corrected chi connectivity index (χ3v) is 7.62. The maximum absolute atomic E-state index is 6.34. The van der Waals surface area contributed by atoms with Gasteiger partial charge in [0.2, 0.25) is 11.8 Å². The van der Waals surface area contributed by atoms with Gasteiger partial charge in [-0.2, -0.15) is 9.97 Å². The van der Waals surface area contributed by atoms with Gasteiger partial charge in [-0.3, -0.25) is 0 Å². The molecule has 0 aliphatic heterocycles. The molecule has 0 saturated heterocycles. The lowest BCUT2D eigenvalue weighted by Crippen LogP contribution is -2.24. The summed E-state index contributed by atoms with van der Waals surface area (Å²) in [6, 6.07) is 25.9. The van der Waals surface area contributed by atoms with Crippen LogP contribution in [0.15, 0.2) is 78.9 Å². The standard InChI is InChI=1S/C34H40N4O4/c1-39-29-15-9-25(10-16-29)22-38(23-26-11-17-30(40-2)18-12-26)32-21-33(42-24-27-7-5-4-6-8-27)37-34(36-32)35-28-13-19-31(41-3)20-14-28/h9-21,27H,4-8,22-24H2,1-3H3,(H,35,36,37). The van der Waals surface area contributed by atoms with E-state index in [1.807, 2.05) is 54.6 Å². The first kappa shape index (κ1) is 29.0. The van der Waals surface area contributed by atoms with Crippen LogP contribution >= 0.6 is 0 Å². The third kappa shape index (κ3) is 8.06. The molecule has 0 bridgehead atoms. The Labute approximate surface area is 248 Å². The second-order valence-corrected chi connectivity index (χ2v) is 10.6. The van der Waals surface area contributed by atoms with Gasteiger partial charge in [-0.15, -0.1) is 0 Å². The summed E-state index contributed by atoms with van der Waals surface area (Å²) in [5.74, 6) is 4.81. The van der Waals surface area contributed by atoms with E-state index in [1.165, 1.54) is 32.1 Å². The van der Waals surface area contributed by atoms with Crippen molar-refractivity contribution < 1.29 is 18.9 Å². The van der Waals surface area contributed by atoms with E-state index < -0.39 is 0 Å². The van der Waals surface area contributed by atoms with Crippen LogP contribution in [-0.4, -0.2) is 37.9 Å². The molecule has 1 N–H and O–H groups in total. The first-order valence-corrected chi connectivity index (χ1v) is 14.6. The number of methoxy groups -OCH3 is 3. The van der Waals surface area contributed by atoms with Crippen LogP contribution in [0.4, 0.5) is 17.5 Å². The Balaban J connectivity index is 1.46. The number of ether oxygens (including phenoxy) is 4. The maximum atomic E-state index is 6.34. The van der Waals surface area contributed by atoms with Crippen molar-refractivity contribution >= 4 is 17.5 Å². The van der Waals surface area contributed by atoms with Crippen LogP contribution in [0.2, 0.25) is 0 Å². The fraction of sp³-hybridized carbons (Fsp3) is 0.353. The predicted octanol–water partition coefficient (Wildman–Crippen LogP) is 7.41. The van der Waals surface area contributed by atoms with Crippen molar-refractivity contribution in [1.29, 1.82) is 0 Å². The Bertz CT molecular complexity index is 1340. The van der Waals surface area contributed by atoms with Crippen molar-refractivity contribution in [3.63, 3.8) is 0 Å². The number of rotatable bonds is 13. The van der Waals surface area contributed by atoms with Gasteiger partial charge < -0.3 is 29.2 Å². The van der Waals surface area contributed by atoms with E-state index in [0.717, 1.165) is 39.9 Å². The van der Waals surface area contributed by atoms with Crippen LogP contribution < -0.4 is 29.2 Å². The predicted molar refractivity (Wildman–Crippen MR) is 166 cm³/mol. The molecule has 0 radical (unpaired) electrons. The zero-order chi connectivity index (χ0) is 29.1. The summed E-state index contributed by atoms with van der Waals surface area (Å²) in [6.07, 6.45) is 6.26. The molecule has 1 aliphatic rings. The van der Waals surface area contributed by atoms with Crippen LogP contribution in [0.1, 0.15) is 43.2 Å². The normalized spacial score (nSPS) is 13.3. The minimum absolute atomic E-state index is 0.478. The van der Waals surface area contributed by atoms with E-state index in [-0.39, 0.29) is 0 Å². The number of aromatic nitrogens is 2. The molecule has 0 spiro atoms. The second kappa shape index (κ2) is 14.4. The van der Waals surface area contributed by atoms with Crippen molar-refractivity contribution in [1.82, 2.24) is 9.97 Å². The number of hydrogen-bond acceptors (Lipinski definition) is 8. The van der Waals surface area contributed by atoms with E-state index in [9.17, 15) is 0 Å². The molecule has 0 unspecified atom stereocenters. The number of benzene rings is 3. The Hall–Kier alpha value is -4.46. The van der Waals surface area contributed by atoms with Crippen LogP contribution in [0.3, 0.4) is 0 Å². The summed E-state index contributed by atoms with van der Waals surface area (Å²) in [4.78, 5) is 12.0. The van der Waals surface area contributed by atoms with Gasteiger partial charge in [-0.1, -0.05) is 43.5 Å². The van der Waals surface area contributed by atoms with Crippen LogP contribution in [-0.2, 0) is 13.1 Å². The summed E-state index contributed by atoms with van der Waals surface area (Å²) >= 11 is 0. The van der Waals surface area contributed by atoms with Crippen molar-refractivity contribution in [2.75, 3.05) is 38.2 Å². The van der Waals surface area contributed by atoms with Crippen molar-refractivity contribution in [2.24, 2.45) is 5.92 Å². The molecule has 1 heterocycles. The average Bonchev–Trinajstić information content (AvgIpc) is 3.05. The first-order valence-electron chi connectivity index (χ1n) is 14.6. The van der Waals surface area contributed by atoms with Crippen molar-refractivity contribution in [2.45, 2.75) is 45.2 Å². The van der Waals surface area contributed by atoms with Gasteiger partial charge in [-0.05, 0) is 78.4 Å². The number of nitrogens with one attached hydrogen (secondary N) is 1. The van der Waals surface area contributed by atoms with Crippen molar-refractivity contribution in [3.8, 4) is 23.1 Å². The summed E-state index contributed by atoms with van der Waals surface area (Å²) in [5, 5.41) is 3.37. The summed E-state index contributed by atoms with van der Waals surface area (Å²) in [5.41, 5.74) is 3.14. The smallest absolute Gasteiger partial charge is 0.232 e. The Morgan fingerprint density at radius 2 is 1.21 bits per heavy atom. The highest BCUT2D eigenvalue weighted by Crippen LogP contribution is 2.29. The molecule has 0 atom stereocenters. The van der Waals surface area contributed by atoms with Crippen LogP contribution in [0, 0.1) is 5.92 Å². The van der Waals surface area contributed by atoms with Gasteiger partial charge in [0.15, 0.2) is 0 Å². The molecule has 8 heteroatoms. The fourth-order valence-electron chi connectivity index (χ4n) is 5.19. The minimum atomic E-state index is 0.478. The number of nitrogens with zero attached hydrogens (tertiary/aromatic N) is 3. The zero-order valence-corrected chi connectivity index (χ0v) is 24.7. The summed E-state index contributed by atoms with van der Waals surface area (Å²) in [7, 11) is 5.02. The molecule has 1 saturated carbocycles. The first-order chi connectivity index (χ1) is 20.6. The van der Waals surface area contributed by atoms with Gasteiger partial charge in [-0.25, -0.2) is 0 Å². The summed E-state index contributed by atoms with van der Waals surface area (Å²) in [6.45, 7) is 1.93. The Morgan fingerprint density at radius 1 is 0.690 bits per heavy atom. The van der Waals surface area contributed by atoms with Crippen LogP contribution in [0.25, 0.3) is 0 Å². The average molecular weight is 569 g/mol. The van der Waals surface area contributed by atoms with Gasteiger partial charge in [0, 0.05) is 24.8 Å². The molecule has 42 heavy (non-hydrogen) atoms. The van der Waals surface area contributed by atoms with E-state index in [0.29, 0.717) is 37.4 Å². The Morgan fingerprint density at radius 3 is 1.74 bits per heavy atom.